The van der Waals surface area contributed by atoms with E-state index in [2.05, 4.69) is 33.2 Å². The van der Waals surface area contributed by atoms with Crippen LogP contribution in [-0.4, -0.2) is 28.1 Å². The van der Waals surface area contributed by atoms with Gasteiger partial charge in [0.1, 0.15) is 0 Å². The van der Waals surface area contributed by atoms with E-state index in [0.29, 0.717) is 18.8 Å². The van der Waals surface area contributed by atoms with Crippen LogP contribution in [0.25, 0.3) is 4.96 Å². The molecule has 0 saturated heterocycles. The second-order valence-electron chi connectivity index (χ2n) is 5.56. The van der Waals surface area contributed by atoms with Gasteiger partial charge < -0.3 is 10.1 Å². The first-order chi connectivity index (χ1) is 9.85. The van der Waals surface area contributed by atoms with Gasteiger partial charge in [-0.3, -0.25) is 4.40 Å². The summed E-state index contributed by atoms with van der Waals surface area (Å²) in [5.41, 5.74) is 1.04. The zero-order chi connectivity index (χ0) is 13.8. The monoisotopic (exact) mass is 293 g/mol. The zero-order valence-corrected chi connectivity index (χ0v) is 12.9. The van der Waals surface area contributed by atoms with Crippen molar-refractivity contribution in [3.05, 3.63) is 23.5 Å². The van der Waals surface area contributed by atoms with Gasteiger partial charge in [-0.2, -0.15) is 0 Å². The molecule has 20 heavy (non-hydrogen) atoms. The van der Waals surface area contributed by atoms with Crippen LogP contribution >= 0.6 is 11.3 Å². The number of fused-ring (bicyclic) bond motifs is 1. The summed E-state index contributed by atoms with van der Waals surface area (Å²) in [5.74, 6) is 0. The number of nitrogens with one attached hydrogen (secondary N) is 1. The lowest BCUT2D eigenvalue weighted by molar-refractivity contribution is 0.0100. The Morgan fingerprint density at radius 3 is 3.00 bits per heavy atom. The number of thiazole rings is 1. The number of rotatable bonds is 6. The topological polar surface area (TPSA) is 38.6 Å². The van der Waals surface area contributed by atoms with Crippen LogP contribution < -0.4 is 5.32 Å². The quantitative estimate of drug-likeness (QED) is 0.888. The molecule has 0 radical (unpaired) electrons. The van der Waals surface area contributed by atoms with E-state index in [9.17, 15) is 0 Å². The summed E-state index contributed by atoms with van der Waals surface area (Å²) in [6.45, 7) is 4.01. The third-order valence-electron chi connectivity index (χ3n) is 3.97. The van der Waals surface area contributed by atoms with Crippen LogP contribution in [0.5, 0.6) is 0 Å². The van der Waals surface area contributed by atoms with Crippen molar-refractivity contribution in [1.82, 2.24) is 14.7 Å². The number of nitrogens with zero attached hydrogens (tertiary/aromatic N) is 2. The second-order valence-corrected chi connectivity index (χ2v) is 6.44. The molecule has 1 N–H and O–H groups in total. The Morgan fingerprint density at radius 2 is 2.25 bits per heavy atom. The summed E-state index contributed by atoms with van der Waals surface area (Å²) in [7, 11) is 0. The number of hydrogen-bond donors (Lipinski definition) is 1. The Bertz CT molecular complexity index is 499. The summed E-state index contributed by atoms with van der Waals surface area (Å²) in [5, 5.41) is 5.66. The highest BCUT2D eigenvalue weighted by Crippen LogP contribution is 2.22. The number of aromatic nitrogens is 2. The van der Waals surface area contributed by atoms with E-state index in [0.717, 1.165) is 17.2 Å². The molecule has 4 nitrogen and oxygen atoms in total. The predicted octanol–water partition coefficient (Wildman–Crippen LogP) is 3.22. The first-order valence-electron chi connectivity index (χ1n) is 7.61. The molecule has 2 aromatic rings. The van der Waals surface area contributed by atoms with Crippen LogP contribution in [0, 0.1) is 0 Å². The summed E-state index contributed by atoms with van der Waals surface area (Å²) < 4.78 is 8.09. The zero-order valence-electron chi connectivity index (χ0n) is 12.0. The minimum Gasteiger partial charge on any atom is -0.372 e. The minimum absolute atomic E-state index is 0.411. The van der Waals surface area contributed by atoms with Crippen molar-refractivity contribution in [2.24, 2.45) is 0 Å². The van der Waals surface area contributed by atoms with E-state index in [1.54, 1.807) is 11.3 Å². The lowest BCUT2D eigenvalue weighted by Gasteiger charge is -2.29. The maximum absolute atomic E-state index is 6.02. The number of imidazole rings is 1. The molecular weight excluding hydrogens is 270 g/mol. The van der Waals surface area contributed by atoms with E-state index >= 15 is 0 Å². The van der Waals surface area contributed by atoms with Crippen LogP contribution in [0.3, 0.4) is 0 Å². The van der Waals surface area contributed by atoms with Crippen LogP contribution in [0.15, 0.2) is 17.8 Å². The number of hydrogen-bond acceptors (Lipinski definition) is 4. The third kappa shape index (κ3) is 3.40. The smallest absolute Gasteiger partial charge is 0.193 e. The maximum atomic E-state index is 6.02. The fraction of sp³-hybridized carbons (Fsp3) is 0.667. The molecule has 1 saturated carbocycles. The molecule has 0 bridgehead atoms. The highest BCUT2D eigenvalue weighted by Gasteiger charge is 2.21. The summed E-state index contributed by atoms with van der Waals surface area (Å²) >= 11 is 1.67. The molecule has 110 valence electrons. The highest BCUT2D eigenvalue weighted by atomic mass is 32.1. The van der Waals surface area contributed by atoms with Gasteiger partial charge in [0.2, 0.25) is 0 Å². The van der Waals surface area contributed by atoms with Crippen LogP contribution in [0.2, 0.25) is 0 Å². The van der Waals surface area contributed by atoms with Crippen molar-refractivity contribution in [3.63, 3.8) is 0 Å². The Kier molecular flexibility index (Phi) is 4.70. The van der Waals surface area contributed by atoms with Gasteiger partial charge in [-0.05, 0) is 38.6 Å². The first-order valence-corrected chi connectivity index (χ1v) is 8.49. The Hall–Kier alpha value is -0.910. The van der Waals surface area contributed by atoms with E-state index in [1.165, 1.54) is 32.1 Å². The Morgan fingerprint density at radius 1 is 1.40 bits per heavy atom. The molecule has 0 unspecified atom stereocenters. The van der Waals surface area contributed by atoms with E-state index < -0.39 is 0 Å². The van der Waals surface area contributed by atoms with Crippen molar-refractivity contribution in [2.45, 2.75) is 57.8 Å². The first kappa shape index (κ1) is 14.0. The molecule has 2 aromatic heterocycles. The Labute approximate surface area is 124 Å². The molecule has 3 rings (SSSR count). The van der Waals surface area contributed by atoms with E-state index in [4.69, 9.17) is 4.74 Å². The average Bonchev–Trinajstić information content (AvgIpc) is 3.05. The van der Waals surface area contributed by atoms with Gasteiger partial charge in [0, 0.05) is 23.8 Å². The molecule has 0 atom stereocenters. The molecule has 0 aromatic carbocycles. The van der Waals surface area contributed by atoms with Gasteiger partial charge in [-0.15, -0.1) is 11.3 Å². The summed E-state index contributed by atoms with van der Waals surface area (Å²) in [6, 6.07) is 0.702. The molecule has 1 aliphatic carbocycles. The standard InChI is InChI=1S/C15H23N3OS/c1-2-7-16-12-3-5-14(6-4-12)19-11-13-10-18-8-9-20-15(18)17-13/h8-10,12,14,16H,2-7,11H2,1H3. The van der Waals surface area contributed by atoms with Crippen molar-refractivity contribution in [3.8, 4) is 0 Å². The predicted molar refractivity (Wildman–Crippen MR) is 82.2 cm³/mol. The molecule has 1 aliphatic rings. The average molecular weight is 293 g/mol. The second kappa shape index (κ2) is 6.70. The molecule has 0 amide bonds. The lowest BCUT2D eigenvalue weighted by Crippen LogP contribution is -2.35. The minimum atomic E-state index is 0.411. The lowest BCUT2D eigenvalue weighted by atomic mass is 9.93. The SMILES string of the molecule is CCCNC1CCC(OCc2cn3ccsc3n2)CC1. The maximum Gasteiger partial charge on any atom is 0.193 e. The van der Waals surface area contributed by atoms with Gasteiger partial charge >= 0.3 is 0 Å². The van der Waals surface area contributed by atoms with Crippen molar-refractivity contribution in [2.75, 3.05) is 6.54 Å². The molecule has 1 fully saturated rings. The van der Waals surface area contributed by atoms with Gasteiger partial charge in [0.15, 0.2) is 4.96 Å². The van der Waals surface area contributed by atoms with Crippen molar-refractivity contribution < 1.29 is 4.74 Å². The van der Waals surface area contributed by atoms with Crippen LogP contribution in [0.4, 0.5) is 0 Å². The number of ether oxygens (including phenoxy) is 1. The summed E-state index contributed by atoms with van der Waals surface area (Å²) in [6.07, 6.45) is 10.6. The Balaban J connectivity index is 1.42. The highest BCUT2D eigenvalue weighted by molar-refractivity contribution is 7.15. The molecule has 2 heterocycles. The van der Waals surface area contributed by atoms with Crippen molar-refractivity contribution >= 4 is 16.3 Å². The van der Waals surface area contributed by atoms with Crippen LogP contribution in [0.1, 0.15) is 44.7 Å². The van der Waals surface area contributed by atoms with E-state index in [1.807, 2.05) is 6.20 Å². The summed E-state index contributed by atoms with van der Waals surface area (Å²) in [4.78, 5) is 5.61. The van der Waals surface area contributed by atoms with Crippen LogP contribution in [-0.2, 0) is 11.3 Å². The van der Waals surface area contributed by atoms with Gasteiger partial charge in [-0.1, -0.05) is 6.92 Å². The normalized spacial score (nSPS) is 23.4. The van der Waals surface area contributed by atoms with Gasteiger partial charge in [0.05, 0.1) is 18.4 Å². The molecular formula is C15H23N3OS. The van der Waals surface area contributed by atoms with Gasteiger partial charge in [-0.25, -0.2) is 4.98 Å². The third-order valence-corrected chi connectivity index (χ3v) is 4.74. The fourth-order valence-electron chi connectivity index (χ4n) is 2.83. The molecule has 5 heteroatoms. The van der Waals surface area contributed by atoms with E-state index in [-0.39, 0.29) is 0 Å². The molecule has 0 aliphatic heterocycles. The largest absolute Gasteiger partial charge is 0.372 e. The van der Waals surface area contributed by atoms with Crippen molar-refractivity contribution in [1.29, 1.82) is 0 Å². The molecule has 0 spiro atoms. The fourth-order valence-corrected chi connectivity index (χ4v) is 3.55. The van der Waals surface area contributed by atoms with Gasteiger partial charge in [0.25, 0.3) is 0 Å².